The normalized spacial score (nSPS) is 11.1. The van der Waals surface area contributed by atoms with E-state index in [4.69, 9.17) is 4.74 Å². The van der Waals surface area contributed by atoms with Crippen LogP contribution in [0.15, 0.2) is 35.8 Å². The van der Waals surface area contributed by atoms with Crippen LogP contribution in [0.2, 0.25) is 0 Å². The number of thiophene rings is 1. The Labute approximate surface area is 169 Å². The van der Waals surface area contributed by atoms with E-state index < -0.39 is 11.6 Å². The highest BCUT2D eigenvalue weighted by Crippen LogP contribution is 2.36. The summed E-state index contributed by atoms with van der Waals surface area (Å²) in [5.74, 6) is 5.23. The first-order valence-electron chi connectivity index (χ1n) is 8.24. The molecule has 0 amide bonds. The van der Waals surface area contributed by atoms with Gasteiger partial charge in [-0.25, -0.2) is 9.18 Å². The molecule has 3 rings (SSSR count). The SMILES string of the molecule is CC(C)(C)OC(=O)c1csc2c(-c3cc(F)ccc3C#CCBr)ccnc12. The van der Waals surface area contributed by atoms with Crippen molar-refractivity contribution in [1.29, 1.82) is 0 Å². The van der Waals surface area contributed by atoms with Gasteiger partial charge in [-0.05, 0) is 45.0 Å². The maximum Gasteiger partial charge on any atom is 0.341 e. The predicted molar refractivity (Wildman–Crippen MR) is 111 cm³/mol. The number of fused-ring (bicyclic) bond motifs is 1. The number of benzene rings is 1. The Morgan fingerprint density at radius 1 is 1.30 bits per heavy atom. The number of carbonyl (C=O) groups excluding carboxylic acids is 1. The number of aromatic nitrogens is 1. The molecule has 0 radical (unpaired) electrons. The molecule has 0 saturated heterocycles. The number of esters is 1. The van der Waals surface area contributed by atoms with Crippen molar-refractivity contribution < 1.29 is 13.9 Å². The standard InChI is InChI=1S/C21H17BrFNO2S/c1-21(2,3)26-20(25)17-12-27-19-15(8-10-24-18(17)19)16-11-14(23)7-6-13(16)5-4-9-22/h6-8,10-12H,9H2,1-3H3. The van der Waals surface area contributed by atoms with Crippen LogP contribution < -0.4 is 0 Å². The third kappa shape index (κ3) is 4.37. The van der Waals surface area contributed by atoms with Crippen LogP contribution in [0.4, 0.5) is 4.39 Å². The lowest BCUT2D eigenvalue weighted by atomic mass is 9.99. The maximum atomic E-state index is 13.9. The summed E-state index contributed by atoms with van der Waals surface area (Å²) in [6.07, 6.45) is 1.62. The van der Waals surface area contributed by atoms with Gasteiger partial charge < -0.3 is 4.74 Å². The first-order valence-corrected chi connectivity index (χ1v) is 10.2. The van der Waals surface area contributed by atoms with E-state index in [1.807, 2.05) is 26.8 Å². The highest BCUT2D eigenvalue weighted by Gasteiger charge is 2.23. The molecule has 1 aromatic carbocycles. The van der Waals surface area contributed by atoms with Gasteiger partial charge in [0.1, 0.15) is 11.4 Å². The zero-order valence-electron chi connectivity index (χ0n) is 15.1. The topological polar surface area (TPSA) is 39.2 Å². The van der Waals surface area contributed by atoms with Gasteiger partial charge >= 0.3 is 5.97 Å². The average Bonchev–Trinajstić information content (AvgIpc) is 3.03. The summed E-state index contributed by atoms with van der Waals surface area (Å²) < 4.78 is 20.2. The summed E-state index contributed by atoms with van der Waals surface area (Å²) in [7, 11) is 0. The molecular formula is C21H17BrFNO2S. The van der Waals surface area contributed by atoms with Crippen molar-refractivity contribution in [2.75, 3.05) is 5.33 Å². The fourth-order valence-electron chi connectivity index (χ4n) is 2.60. The molecule has 3 nitrogen and oxygen atoms in total. The van der Waals surface area contributed by atoms with Gasteiger partial charge in [0, 0.05) is 28.3 Å². The van der Waals surface area contributed by atoms with E-state index in [0.717, 1.165) is 15.8 Å². The molecule has 0 atom stereocenters. The minimum Gasteiger partial charge on any atom is -0.456 e. The monoisotopic (exact) mass is 445 g/mol. The van der Waals surface area contributed by atoms with Gasteiger partial charge in [-0.2, -0.15) is 0 Å². The number of hydrogen-bond donors (Lipinski definition) is 0. The fraction of sp³-hybridized carbons (Fsp3) is 0.238. The van der Waals surface area contributed by atoms with Crippen LogP contribution in [0.1, 0.15) is 36.7 Å². The van der Waals surface area contributed by atoms with E-state index in [0.29, 0.717) is 22.0 Å². The van der Waals surface area contributed by atoms with Crippen LogP contribution >= 0.6 is 27.3 Å². The third-order valence-electron chi connectivity index (χ3n) is 3.63. The number of alkyl halides is 1. The summed E-state index contributed by atoms with van der Waals surface area (Å²) in [6, 6.07) is 6.32. The fourth-order valence-corrected chi connectivity index (χ4v) is 3.76. The molecule has 0 spiro atoms. The second-order valence-electron chi connectivity index (χ2n) is 6.81. The Balaban J connectivity index is 2.16. The molecule has 2 aromatic heterocycles. The number of nitrogens with zero attached hydrogens (tertiary/aromatic N) is 1. The summed E-state index contributed by atoms with van der Waals surface area (Å²) in [4.78, 5) is 16.9. The van der Waals surface area contributed by atoms with Crippen LogP contribution in [0.3, 0.4) is 0 Å². The van der Waals surface area contributed by atoms with Crippen LogP contribution in [0.5, 0.6) is 0 Å². The molecule has 27 heavy (non-hydrogen) atoms. The van der Waals surface area contributed by atoms with E-state index in [1.54, 1.807) is 17.6 Å². The van der Waals surface area contributed by atoms with E-state index in [2.05, 4.69) is 32.8 Å². The summed E-state index contributed by atoms with van der Waals surface area (Å²) in [5, 5.41) is 2.26. The van der Waals surface area contributed by atoms with Crippen molar-refractivity contribution in [1.82, 2.24) is 4.98 Å². The summed E-state index contributed by atoms with van der Waals surface area (Å²) >= 11 is 4.66. The zero-order valence-corrected chi connectivity index (χ0v) is 17.5. The van der Waals surface area contributed by atoms with Gasteiger partial charge in [-0.3, -0.25) is 4.98 Å². The Hall–Kier alpha value is -2.23. The predicted octanol–water partition coefficient (Wildman–Crippen LogP) is 5.80. The van der Waals surface area contributed by atoms with Crippen LogP contribution in [0.25, 0.3) is 21.3 Å². The smallest absolute Gasteiger partial charge is 0.341 e. The molecule has 0 fully saturated rings. The lowest BCUT2D eigenvalue weighted by molar-refractivity contribution is 0.00721. The van der Waals surface area contributed by atoms with Gasteiger partial charge in [-0.1, -0.05) is 27.8 Å². The Kier molecular flexibility index (Phi) is 5.64. The van der Waals surface area contributed by atoms with E-state index in [9.17, 15) is 9.18 Å². The largest absolute Gasteiger partial charge is 0.456 e. The minimum absolute atomic E-state index is 0.344. The van der Waals surface area contributed by atoms with Gasteiger partial charge in [0.15, 0.2) is 0 Å². The van der Waals surface area contributed by atoms with Gasteiger partial charge in [0.2, 0.25) is 0 Å². The van der Waals surface area contributed by atoms with Crippen LogP contribution in [0, 0.1) is 17.7 Å². The number of pyridine rings is 1. The van der Waals surface area contributed by atoms with E-state index in [1.165, 1.54) is 23.5 Å². The van der Waals surface area contributed by atoms with Gasteiger partial charge in [0.05, 0.1) is 21.1 Å². The Bertz CT molecular complexity index is 1070. The quantitative estimate of drug-likeness (QED) is 0.284. The van der Waals surface area contributed by atoms with Crippen molar-refractivity contribution in [2.45, 2.75) is 26.4 Å². The van der Waals surface area contributed by atoms with Gasteiger partial charge in [-0.15, -0.1) is 11.3 Å². The molecule has 3 aromatic rings. The van der Waals surface area contributed by atoms with Crippen molar-refractivity contribution in [3.8, 4) is 23.0 Å². The molecule has 2 heterocycles. The lowest BCUT2D eigenvalue weighted by Crippen LogP contribution is -2.23. The molecule has 0 bridgehead atoms. The zero-order chi connectivity index (χ0) is 19.6. The number of halogens is 2. The highest BCUT2D eigenvalue weighted by molar-refractivity contribution is 9.09. The molecule has 6 heteroatoms. The molecule has 0 aliphatic carbocycles. The first kappa shape index (κ1) is 19.5. The molecule has 138 valence electrons. The minimum atomic E-state index is -0.593. The van der Waals surface area contributed by atoms with Crippen molar-refractivity contribution in [3.05, 3.63) is 52.8 Å². The Morgan fingerprint density at radius 3 is 2.78 bits per heavy atom. The Morgan fingerprint density at radius 2 is 2.07 bits per heavy atom. The second-order valence-corrected chi connectivity index (χ2v) is 8.25. The van der Waals surface area contributed by atoms with Crippen LogP contribution in [-0.2, 0) is 4.74 Å². The van der Waals surface area contributed by atoms with Crippen LogP contribution in [-0.4, -0.2) is 21.9 Å². The van der Waals surface area contributed by atoms with Crippen molar-refractivity contribution >= 4 is 43.5 Å². The van der Waals surface area contributed by atoms with Gasteiger partial charge in [0.25, 0.3) is 0 Å². The summed E-state index contributed by atoms with van der Waals surface area (Å²) in [5.41, 5.74) is 2.55. The molecule has 0 aliphatic heterocycles. The van der Waals surface area contributed by atoms with E-state index >= 15 is 0 Å². The molecule has 0 N–H and O–H groups in total. The molecular weight excluding hydrogens is 429 g/mol. The molecule has 0 saturated carbocycles. The molecule has 0 unspecified atom stereocenters. The average molecular weight is 446 g/mol. The molecule has 0 aliphatic rings. The van der Waals surface area contributed by atoms with Crippen molar-refractivity contribution in [3.63, 3.8) is 0 Å². The third-order valence-corrected chi connectivity index (χ3v) is 4.92. The lowest BCUT2D eigenvalue weighted by Gasteiger charge is -2.19. The summed E-state index contributed by atoms with van der Waals surface area (Å²) in [6.45, 7) is 5.46. The van der Waals surface area contributed by atoms with Crippen molar-refractivity contribution in [2.24, 2.45) is 0 Å². The number of rotatable bonds is 2. The second kappa shape index (κ2) is 7.79. The number of hydrogen-bond acceptors (Lipinski definition) is 4. The number of carbonyl (C=O) groups is 1. The number of ether oxygens (including phenoxy) is 1. The maximum absolute atomic E-state index is 13.9. The van der Waals surface area contributed by atoms with E-state index in [-0.39, 0.29) is 5.82 Å². The first-order chi connectivity index (χ1) is 12.8. The highest BCUT2D eigenvalue weighted by atomic mass is 79.9.